The van der Waals surface area contributed by atoms with Crippen molar-refractivity contribution in [2.75, 3.05) is 4.90 Å². The predicted octanol–water partition coefficient (Wildman–Crippen LogP) is 4.07. The third kappa shape index (κ3) is 2.46. The lowest BCUT2D eigenvalue weighted by atomic mass is 9.86. The van der Waals surface area contributed by atoms with Crippen molar-refractivity contribution < 1.29 is 9.18 Å². The van der Waals surface area contributed by atoms with Gasteiger partial charge in [-0.15, -0.1) is 0 Å². The fourth-order valence-corrected chi connectivity index (χ4v) is 3.60. The van der Waals surface area contributed by atoms with E-state index in [0.29, 0.717) is 0 Å². The zero-order valence-electron chi connectivity index (χ0n) is 12.1. The molecule has 2 aliphatic rings. The first-order valence-corrected chi connectivity index (χ1v) is 7.78. The standard InChI is InChI=1S/C17H22FNO/c1-12-7-8-14-11-15(18)9-10-16(14)19(12)17(20)13-5-3-2-4-6-13/h9-13H,2-8H2,1H3. The van der Waals surface area contributed by atoms with Gasteiger partial charge in [0.05, 0.1) is 0 Å². The molecule has 1 aliphatic carbocycles. The summed E-state index contributed by atoms with van der Waals surface area (Å²) in [4.78, 5) is 14.8. The summed E-state index contributed by atoms with van der Waals surface area (Å²) in [5, 5.41) is 0. The summed E-state index contributed by atoms with van der Waals surface area (Å²) < 4.78 is 13.4. The number of nitrogens with zero attached hydrogens (tertiary/aromatic N) is 1. The Morgan fingerprint density at radius 2 is 1.95 bits per heavy atom. The molecule has 0 aromatic heterocycles. The van der Waals surface area contributed by atoms with E-state index in [1.54, 1.807) is 12.1 Å². The quantitative estimate of drug-likeness (QED) is 0.756. The van der Waals surface area contributed by atoms with E-state index in [2.05, 4.69) is 6.92 Å². The van der Waals surface area contributed by atoms with Crippen molar-refractivity contribution in [2.24, 2.45) is 5.92 Å². The van der Waals surface area contributed by atoms with Gasteiger partial charge in [0.15, 0.2) is 0 Å². The molecule has 108 valence electrons. The molecule has 0 N–H and O–H groups in total. The zero-order valence-corrected chi connectivity index (χ0v) is 12.1. The van der Waals surface area contributed by atoms with Crippen LogP contribution in [0.2, 0.25) is 0 Å². The van der Waals surface area contributed by atoms with Crippen molar-refractivity contribution in [3.63, 3.8) is 0 Å². The van der Waals surface area contributed by atoms with Gasteiger partial charge in [-0.05, 0) is 56.4 Å². The molecule has 2 nitrogen and oxygen atoms in total. The van der Waals surface area contributed by atoms with Crippen molar-refractivity contribution in [3.05, 3.63) is 29.6 Å². The Bertz CT molecular complexity index is 508. The molecular formula is C17H22FNO. The maximum absolute atomic E-state index is 13.4. The molecule has 3 rings (SSSR count). The van der Waals surface area contributed by atoms with E-state index in [0.717, 1.165) is 49.8 Å². The number of halogens is 1. The fourth-order valence-electron chi connectivity index (χ4n) is 3.60. The van der Waals surface area contributed by atoms with Gasteiger partial charge in [-0.1, -0.05) is 19.3 Å². The van der Waals surface area contributed by atoms with Crippen LogP contribution in [0.25, 0.3) is 0 Å². The number of carbonyl (C=O) groups is 1. The summed E-state index contributed by atoms with van der Waals surface area (Å²) in [6.45, 7) is 2.10. The highest BCUT2D eigenvalue weighted by Gasteiger charge is 2.33. The summed E-state index contributed by atoms with van der Waals surface area (Å²) >= 11 is 0. The molecule has 20 heavy (non-hydrogen) atoms. The van der Waals surface area contributed by atoms with Crippen molar-refractivity contribution in [3.8, 4) is 0 Å². The van der Waals surface area contributed by atoms with E-state index >= 15 is 0 Å². The van der Waals surface area contributed by atoms with Crippen LogP contribution < -0.4 is 4.90 Å². The van der Waals surface area contributed by atoms with Crippen LogP contribution in [0.3, 0.4) is 0 Å². The molecule has 1 amide bonds. The van der Waals surface area contributed by atoms with E-state index in [-0.39, 0.29) is 23.7 Å². The summed E-state index contributed by atoms with van der Waals surface area (Å²) in [5.74, 6) is 0.218. The number of hydrogen-bond donors (Lipinski definition) is 0. The number of amides is 1. The van der Waals surface area contributed by atoms with Crippen LogP contribution in [0.15, 0.2) is 18.2 Å². The molecule has 1 saturated carbocycles. The van der Waals surface area contributed by atoms with Crippen LogP contribution in [-0.4, -0.2) is 11.9 Å². The summed E-state index contributed by atoms with van der Waals surface area (Å²) in [6.07, 6.45) is 7.39. The molecular weight excluding hydrogens is 253 g/mol. The van der Waals surface area contributed by atoms with Gasteiger partial charge in [0.2, 0.25) is 5.91 Å². The number of benzene rings is 1. The lowest BCUT2D eigenvalue weighted by molar-refractivity contribution is -0.123. The number of carbonyl (C=O) groups excluding carboxylic acids is 1. The Hall–Kier alpha value is -1.38. The summed E-state index contributed by atoms with van der Waals surface area (Å²) in [5.41, 5.74) is 1.91. The van der Waals surface area contributed by atoms with Crippen LogP contribution in [0.1, 0.15) is 51.0 Å². The minimum atomic E-state index is -0.205. The molecule has 1 aromatic carbocycles. The van der Waals surface area contributed by atoms with Gasteiger partial charge in [0.1, 0.15) is 5.82 Å². The highest BCUT2D eigenvalue weighted by atomic mass is 19.1. The minimum absolute atomic E-state index is 0.169. The Balaban J connectivity index is 1.90. The molecule has 1 fully saturated rings. The van der Waals surface area contributed by atoms with Crippen LogP contribution in [-0.2, 0) is 11.2 Å². The van der Waals surface area contributed by atoms with Crippen molar-refractivity contribution in [1.29, 1.82) is 0 Å². The predicted molar refractivity (Wildman–Crippen MR) is 78.2 cm³/mol. The van der Waals surface area contributed by atoms with E-state index in [1.807, 2.05) is 4.90 Å². The van der Waals surface area contributed by atoms with E-state index < -0.39 is 0 Å². The topological polar surface area (TPSA) is 20.3 Å². The van der Waals surface area contributed by atoms with Gasteiger partial charge in [0, 0.05) is 17.6 Å². The number of fused-ring (bicyclic) bond motifs is 1. The molecule has 0 spiro atoms. The van der Waals surface area contributed by atoms with E-state index in [4.69, 9.17) is 0 Å². The summed E-state index contributed by atoms with van der Waals surface area (Å²) in [6, 6.07) is 5.06. The molecule has 1 atom stereocenters. The zero-order chi connectivity index (χ0) is 14.1. The normalized spacial score (nSPS) is 23.5. The molecule has 1 unspecified atom stereocenters. The SMILES string of the molecule is CC1CCc2cc(F)ccc2N1C(=O)C1CCCCC1. The van der Waals surface area contributed by atoms with Crippen LogP contribution >= 0.6 is 0 Å². The second-order valence-corrected chi connectivity index (χ2v) is 6.20. The number of aryl methyl sites for hydroxylation is 1. The molecule has 0 bridgehead atoms. The summed E-state index contributed by atoms with van der Waals surface area (Å²) in [7, 11) is 0. The first-order valence-electron chi connectivity index (χ1n) is 7.78. The van der Waals surface area contributed by atoms with Gasteiger partial charge in [-0.3, -0.25) is 4.79 Å². The lowest BCUT2D eigenvalue weighted by Crippen LogP contribution is -2.45. The third-order valence-electron chi connectivity index (χ3n) is 4.77. The maximum Gasteiger partial charge on any atom is 0.230 e. The second kappa shape index (κ2) is 5.55. The van der Waals surface area contributed by atoms with E-state index in [1.165, 1.54) is 12.5 Å². The molecule has 3 heteroatoms. The number of anilines is 1. The van der Waals surface area contributed by atoms with Crippen molar-refractivity contribution in [2.45, 2.75) is 57.9 Å². The van der Waals surface area contributed by atoms with Crippen LogP contribution in [0.4, 0.5) is 10.1 Å². The monoisotopic (exact) mass is 275 g/mol. The Morgan fingerprint density at radius 3 is 2.70 bits per heavy atom. The molecule has 1 heterocycles. The maximum atomic E-state index is 13.4. The highest BCUT2D eigenvalue weighted by molar-refractivity contribution is 5.96. The largest absolute Gasteiger partial charge is 0.309 e. The van der Waals surface area contributed by atoms with Crippen molar-refractivity contribution in [1.82, 2.24) is 0 Å². The molecule has 0 radical (unpaired) electrons. The second-order valence-electron chi connectivity index (χ2n) is 6.20. The van der Waals surface area contributed by atoms with Gasteiger partial charge in [0.25, 0.3) is 0 Å². The highest BCUT2D eigenvalue weighted by Crippen LogP contribution is 2.35. The third-order valence-corrected chi connectivity index (χ3v) is 4.77. The Morgan fingerprint density at radius 1 is 1.20 bits per heavy atom. The first-order chi connectivity index (χ1) is 9.66. The van der Waals surface area contributed by atoms with Gasteiger partial charge >= 0.3 is 0 Å². The van der Waals surface area contributed by atoms with Crippen LogP contribution in [0.5, 0.6) is 0 Å². The van der Waals surface area contributed by atoms with Gasteiger partial charge in [-0.2, -0.15) is 0 Å². The average Bonchev–Trinajstić information content (AvgIpc) is 2.48. The van der Waals surface area contributed by atoms with Gasteiger partial charge in [-0.25, -0.2) is 4.39 Å². The Kier molecular flexibility index (Phi) is 3.77. The molecule has 1 aromatic rings. The van der Waals surface area contributed by atoms with Crippen molar-refractivity contribution >= 4 is 11.6 Å². The first kappa shape index (κ1) is 13.6. The molecule has 0 saturated heterocycles. The number of hydrogen-bond acceptors (Lipinski definition) is 1. The minimum Gasteiger partial charge on any atom is -0.309 e. The molecule has 1 aliphatic heterocycles. The van der Waals surface area contributed by atoms with Crippen LogP contribution in [0, 0.1) is 11.7 Å². The van der Waals surface area contributed by atoms with Gasteiger partial charge < -0.3 is 4.90 Å². The number of rotatable bonds is 1. The average molecular weight is 275 g/mol. The smallest absolute Gasteiger partial charge is 0.230 e. The van der Waals surface area contributed by atoms with E-state index in [9.17, 15) is 9.18 Å². The Labute approximate surface area is 120 Å². The fraction of sp³-hybridized carbons (Fsp3) is 0.588. The lowest BCUT2D eigenvalue weighted by Gasteiger charge is -2.38.